The van der Waals surface area contributed by atoms with Gasteiger partial charge < -0.3 is 10.5 Å². The predicted octanol–water partition coefficient (Wildman–Crippen LogP) is 4.05. The molecule has 1 rings (SSSR count). The maximum atomic E-state index is 11.7. The molecule has 0 atom stereocenters. The Bertz CT molecular complexity index is 393. The zero-order chi connectivity index (χ0) is 13.4. The summed E-state index contributed by atoms with van der Waals surface area (Å²) in [5, 5.41) is 0.485. The second-order valence-corrected chi connectivity index (χ2v) is 4.72. The highest BCUT2D eigenvalue weighted by Gasteiger charge is 2.11. The minimum atomic E-state index is -0.398. The van der Waals surface area contributed by atoms with E-state index in [4.69, 9.17) is 22.1 Å². The Morgan fingerprint density at radius 3 is 2.72 bits per heavy atom. The molecule has 0 aliphatic heterocycles. The van der Waals surface area contributed by atoms with Crippen LogP contribution in [0.2, 0.25) is 5.02 Å². The number of hydrogen-bond donors (Lipinski definition) is 1. The normalized spacial score (nSPS) is 10.3. The second kappa shape index (κ2) is 7.98. The van der Waals surface area contributed by atoms with Crippen LogP contribution in [0.15, 0.2) is 18.2 Å². The minimum absolute atomic E-state index is 0.344. The van der Waals surface area contributed by atoms with Gasteiger partial charge in [-0.15, -0.1) is 0 Å². The summed E-state index contributed by atoms with van der Waals surface area (Å²) in [6.07, 6.45) is 5.61. The highest BCUT2D eigenvalue weighted by molar-refractivity contribution is 6.31. The molecule has 2 N–H and O–H groups in total. The lowest BCUT2D eigenvalue weighted by Crippen LogP contribution is -2.09. The number of anilines is 1. The van der Waals surface area contributed by atoms with E-state index in [1.807, 2.05) is 0 Å². The van der Waals surface area contributed by atoms with Gasteiger partial charge in [-0.05, 0) is 24.6 Å². The van der Waals surface area contributed by atoms with Gasteiger partial charge in [0.05, 0.1) is 12.2 Å². The molecule has 100 valence electrons. The molecular formula is C14H20ClNO2. The zero-order valence-electron chi connectivity index (χ0n) is 10.7. The van der Waals surface area contributed by atoms with Crippen molar-refractivity contribution in [2.75, 3.05) is 12.3 Å². The maximum Gasteiger partial charge on any atom is 0.340 e. The molecule has 0 heterocycles. The lowest BCUT2D eigenvalue weighted by Gasteiger charge is -2.07. The van der Waals surface area contributed by atoms with Gasteiger partial charge >= 0.3 is 5.97 Å². The van der Waals surface area contributed by atoms with E-state index in [1.54, 1.807) is 12.1 Å². The first kappa shape index (κ1) is 14.8. The second-order valence-electron chi connectivity index (χ2n) is 4.28. The van der Waals surface area contributed by atoms with Crippen LogP contribution in [0.4, 0.5) is 5.69 Å². The van der Waals surface area contributed by atoms with Gasteiger partial charge in [0.25, 0.3) is 0 Å². The summed E-state index contributed by atoms with van der Waals surface area (Å²) < 4.78 is 5.17. The van der Waals surface area contributed by atoms with E-state index in [-0.39, 0.29) is 0 Å². The van der Waals surface area contributed by atoms with E-state index in [0.29, 0.717) is 22.9 Å². The zero-order valence-corrected chi connectivity index (χ0v) is 11.5. The number of rotatable bonds is 7. The van der Waals surface area contributed by atoms with Crippen molar-refractivity contribution in [3.8, 4) is 0 Å². The fraction of sp³-hybridized carbons (Fsp3) is 0.500. The van der Waals surface area contributed by atoms with E-state index < -0.39 is 5.97 Å². The van der Waals surface area contributed by atoms with Crippen molar-refractivity contribution in [1.82, 2.24) is 0 Å². The molecule has 0 radical (unpaired) electrons. The third-order valence-corrected chi connectivity index (χ3v) is 2.95. The quantitative estimate of drug-likeness (QED) is 0.462. The van der Waals surface area contributed by atoms with Crippen LogP contribution in [0.1, 0.15) is 49.4 Å². The number of hydrogen-bond acceptors (Lipinski definition) is 3. The first-order valence-electron chi connectivity index (χ1n) is 6.37. The number of esters is 1. The molecule has 0 spiro atoms. The number of nitrogens with two attached hydrogens (primary N) is 1. The molecular weight excluding hydrogens is 250 g/mol. The molecule has 1 aromatic carbocycles. The van der Waals surface area contributed by atoms with E-state index in [2.05, 4.69) is 6.92 Å². The monoisotopic (exact) mass is 269 g/mol. The summed E-state index contributed by atoms with van der Waals surface area (Å²) in [7, 11) is 0. The highest BCUT2D eigenvalue weighted by Crippen LogP contribution is 2.18. The fourth-order valence-electron chi connectivity index (χ4n) is 1.65. The minimum Gasteiger partial charge on any atom is -0.462 e. The summed E-state index contributed by atoms with van der Waals surface area (Å²) in [6.45, 7) is 2.61. The predicted molar refractivity (Wildman–Crippen MR) is 74.9 cm³/mol. The van der Waals surface area contributed by atoms with Gasteiger partial charge in [-0.3, -0.25) is 0 Å². The molecule has 0 aliphatic carbocycles. The summed E-state index contributed by atoms with van der Waals surface area (Å²) in [5.41, 5.74) is 6.44. The van der Waals surface area contributed by atoms with Crippen molar-refractivity contribution < 1.29 is 9.53 Å². The average molecular weight is 270 g/mol. The van der Waals surface area contributed by atoms with Crippen LogP contribution < -0.4 is 5.73 Å². The smallest absolute Gasteiger partial charge is 0.340 e. The van der Waals surface area contributed by atoms with E-state index in [1.165, 1.54) is 25.3 Å². The van der Waals surface area contributed by atoms with Crippen molar-refractivity contribution in [3.05, 3.63) is 28.8 Å². The van der Waals surface area contributed by atoms with E-state index in [9.17, 15) is 4.79 Å². The van der Waals surface area contributed by atoms with Crippen molar-refractivity contribution in [1.29, 1.82) is 0 Å². The molecule has 4 heteroatoms. The first-order valence-corrected chi connectivity index (χ1v) is 6.75. The highest BCUT2D eigenvalue weighted by atomic mass is 35.5. The third kappa shape index (κ3) is 4.96. The molecule has 0 fully saturated rings. The van der Waals surface area contributed by atoms with E-state index in [0.717, 1.165) is 12.8 Å². The van der Waals surface area contributed by atoms with Gasteiger partial charge in [0.2, 0.25) is 0 Å². The Hall–Kier alpha value is -1.22. The van der Waals surface area contributed by atoms with Crippen LogP contribution in [-0.2, 0) is 4.74 Å². The van der Waals surface area contributed by atoms with Crippen LogP contribution in [0.5, 0.6) is 0 Å². The number of unbranched alkanes of at least 4 members (excludes halogenated alkanes) is 4. The fourth-order valence-corrected chi connectivity index (χ4v) is 1.83. The molecule has 0 unspecified atom stereocenters. The molecule has 0 saturated heterocycles. The van der Waals surface area contributed by atoms with Crippen molar-refractivity contribution in [3.63, 3.8) is 0 Å². The number of carbonyl (C=O) groups excluding carboxylic acids is 1. The Morgan fingerprint density at radius 2 is 2.00 bits per heavy atom. The SMILES string of the molecule is CCCCCCCOC(=O)c1cc(Cl)ccc1N. The van der Waals surface area contributed by atoms with Crippen LogP contribution in [0.25, 0.3) is 0 Å². The maximum absolute atomic E-state index is 11.7. The lowest BCUT2D eigenvalue weighted by atomic mass is 10.1. The topological polar surface area (TPSA) is 52.3 Å². The van der Waals surface area contributed by atoms with Crippen molar-refractivity contribution in [2.24, 2.45) is 0 Å². The number of benzene rings is 1. The summed E-state index contributed by atoms with van der Waals surface area (Å²) in [4.78, 5) is 11.7. The van der Waals surface area contributed by atoms with Gasteiger partial charge in [0.15, 0.2) is 0 Å². The van der Waals surface area contributed by atoms with Gasteiger partial charge in [-0.1, -0.05) is 44.2 Å². The lowest BCUT2D eigenvalue weighted by molar-refractivity contribution is 0.0499. The number of ether oxygens (including phenoxy) is 1. The summed E-state index contributed by atoms with van der Waals surface area (Å²) in [6, 6.07) is 4.80. The molecule has 18 heavy (non-hydrogen) atoms. The first-order chi connectivity index (χ1) is 8.65. The molecule has 0 aliphatic rings. The third-order valence-electron chi connectivity index (χ3n) is 2.72. The van der Waals surface area contributed by atoms with Crippen LogP contribution in [0, 0.1) is 0 Å². The van der Waals surface area contributed by atoms with Crippen LogP contribution in [-0.4, -0.2) is 12.6 Å². The number of nitrogen functional groups attached to an aromatic ring is 1. The molecule has 0 bridgehead atoms. The van der Waals surface area contributed by atoms with Crippen molar-refractivity contribution in [2.45, 2.75) is 39.0 Å². The largest absolute Gasteiger partial charge is 0.462 e. The van der Waals surface area contributed by atoms with Gasteiger partial charge in [-0.2, -0.15) is 0 Å². The Kier molecular flexibility index (Phi) is 6.58. The molecule has 0 aromatic heterocycles. The summed E-state index contributed by atoms with van der Waals surface area (Å²) >= 11 is 5.82. The Balaban J connectivity index is 2.34. The summed E-state index contributed by atoms with van der Waals surface area (Å²) in [5.74, 6) is -0.398. The standard InChI is InChI=1S/C14H20ClNO2/c1-2-3-4-5-6-9-18-14(17)12-10-11(15)7-8-13(12)16/h7-8,10H,2-6,9,16H2,1H3. The average Bonchev–Trinajstić information content (AvgIpc) is 2.36. The molecule has 0 amide bonds. The van der Waals surface area contributed by atoms with Gasteiger partial charge in [0, 0.05) is 10.7 Å². The van der Waals surface area contributed by atoms with E-state index >= 15 is 0 Å². The number of carbonyl (C=O) groups is 1. The van der Waals surface area contributed by atoms with Crippen LogP contribution in [0.3, 0.4) is 0 Å². The van der Waals surface area contributed by atoms with Gasteiger partial charge in [0.1, 0.15) is 0 Å². The van der Waals surface area contributed by atoms with Gasteiger partial charge in [-0.25, -0.2) is 4.79 Å². The molecule has 0 saturated carbocycles. The molecule has 3 nitrogen and oxygen atoms in total. The van der Waals surface area contributed by atoms with Crippen LogP contribution >= 0.6 is 11.6 Å². The Morgan fingerprint density at radius 1 is 1.28 bits per heavy atom. The molecule has 1 aromatic rings. The Labute approximate surface area is 113 Å². The van der Waals surface area contributed by atoms with Crippen molar-refractivity contribution >= 4 is 23.3 Å². The number of halogens is 1.